The number of rotatable bonds is 4. The minimum atomic E-state index is -0.639. The first-order chi connectivity index (χ1) is 10.9. The van der Waals surface area contributed by atoms with Gasteiger partial charge in [0.25, 0.3) is 0 Å². The van der Waals surface area contributed by atoms with E-state index < -0.39 is 5.60 Å². The number of furan rings is 1. The molecule has 23 heavy (non-hydrogen) atoms. The third kappa shape index (κ3) is 3.79. The summed E-state index contributed by atoms with van der Waals surface area (Å²) < 4.78 is 11.1. The van der Waals surface area contributed by atoms with Crippen LogP contribution in [0.1, 0.15) is 31.8 Å². The van der Waals surface area contributed by atoms with Crippen LogP contribution >= 0.6 is 0 Å². The van der Waals surface area contributed by atoms with E-state index in [1.54, 1.807) is 0 Å². The summed E-state index contributed by atoms with van der Waals surface area (Å²) in [6, 6.07) is 4.07. The quantitative estimate of drug-likeness (QED) is 0.917. The zero-order valence-electron chi connectivity index (χ0n) is 14.7. The second kappa shape index (κ2) is 6.55. The molecule has 0 amide bonds. The first kappa shape index (κ1) is 17.0. The highest BCUT2D eigenvalue weighted by molar-refractivity contribution is 5.07. The molecule has 1 unspecified atom stereocenters. The number of aryl methyl sites for hydroxylation is 1. The van der Waals surface area contributed by atoms with Crippen molar-refractivity contribution in [2.24, 2.45) is 5.41 Å². The maximum Gasteiger partial charge on any atom is 0.118 e. The highest BCUT2D eigenvalue weighted by Gasteiger charge is 2.48. The van der Waals surface area contributed by atoms with Crippen LogP contribution in [0.5, 0.6) is 0 Å². The molecule has 0 saturated carbocycles. The SMILES string of the molecule is Cc1ccc(CN2CCC(O)(CN3CCOCC3)C(C)(C)C2)o1. The number of β-amino-alcohol motifs (C(OH)–C–C–N with tert-alkyl or cyclic N) is 1. The molecule has 130 valence electrons. The molecular formula is C18H30N2O3. The van der Waals surface area contributed by atoms with Crippen molar-refractivity contribution in [2.75, 3.05) is 45.9 Å². The van der Waals surface area contributed by atoms with Gasteiger partial charge in [-0.2, -0.15) is 0 Å². The van der Waals surface area contributed by atoms with Gasteiger partial charge in [0.15, 0.2) is 0 Å². The lowest BCUT2D eigenvalue weighted by Crippen LogP contribution is -2.62. The summed E-state index contributed by atoms with van der Waals surface area (Å²) in [5.41, 5.74) is -0.787. The Labute approximate surface area is 139 Å². The summed E-state index contributed by atoms with van der Waals surface area (Å²) in [5, 5.41) is 11.3. The average molecular weight is 322 g/mol. The molecule has 3 rings (SSSR count). The van der Waals surface area contributed by atoms with Gasteiger partial charge in [-0.3, -0.25) is 9.80 Å². The van der Waals surface area contributed by atoms with Gasteiger partial charge in [0.05, 0.1) is 25.4 Å². The Morgan fingerprint density at radius 3 is 2.48 bits per heavy atom. The van der Waals surface area contributed by atoms with E-state index in [0.717, 1.165) is 70.4 Å². The molecule has 0 radical (unpaired) electrons. The molecule has 2 aliphatic heterocycles. The van der Waals surface area contributed by atoms with E-state index >= 15 is 0 Å². The first-order valence-corrected chi connectivity index (χ1v) is 8.68. The highest BCUT2D eigenvalue weighted by Crippen LogP contribution is 2.39. The molecule has 0 aliphatic carbocycles. The summed E-state index contributed by atoms with van der Waals surface area (Å²) in [5.74, 6) is 1.97. The monoisotopic (exact) mass is 322 g/mol. The van der Waals surface area contributed by atoms with Gasteiger partial charge in [-0.05, 0) is 25.5 Å². The van der Waals surface area contributed by atoms with Crippen molar-refractivity contribution >= 4 is 0 Å². The maximum absolute atomic E-state index is 11.3. The number of piperidine rings is 1. The van der Waals surface area contributed by atoms with Gasteiger partial charge in [-0.1, -0.05) is 13.8 Å². The summed E-state index contributed by atoms with van der Waals surface area (Å²) in [7, 11) is 0. The van der Waals surface area contributed by atoms with Crippen LogP contribution in [0.3, 0.4) is 0 Å². The summed E-state index contributed by atoms with van der Waals surface area (Å²) >= 11 is 0. The van der Waals surface area contributed by atoms with Crippen LogP contribution in [0.25, 0.3) is 0 Å². The molecule has 1 atom stereocenters. The van der Waals surface area contributed by atoms with E-state index in [4.69, 9.17) is 9.15 Å². The van der Waals surface area contributed by atoms with Crippen molar-refractivity contribution < 1.29 is 14.3 Å². The highest BCUT2D eigenvalue weighted by atomic mass is 16.5. The van der Waals surface area contributed by atoms with Crippen LogP contribution in [0.15, 0.2) is 16.5 Å². The van der Waals surface area contributed by atoms with E-state index in [-0.39, 0.29) is 5.41 Å². The molecular weight excluding hydrogens is 292 g/mol. The van der Waals surface area contributed by atoms with E-state index in [0.29, 0.717) is 0 Å². The Morgan fingerprint density at radius 2 is 1.87 bits per heavy atom. The molecule has 5 nitrogen and oxygen atoms in total. The van der Waals surface area contributed by atoms with Crippen molar-refractivity contribution in [1.82, 2.24) is 9.80 Å². The normalized spacial score (nSPS) is 29.7. The van der Waals surface area contributed by atoms with Crippen molar-refractivity contribution in [3.8, 4) is 0 Å². The van der Waals surface area contributed by atoms with Gasteiger partial charge in [0, 0.05) is 38.1 Å². The van der Waals surface area contributed by atoms with E-state index in [1.807, 2.05) is 13.0 Å². The summed E-state index contributed by atoms with van der Waals surface area (Å²) in [4.78, 5) is 4.74. The Kier molecular flexibility index (Phi) is 4.83. The third-order valence-electron chi connectivity index (χ3n) is 5.48. The molecule has 1 aromatic rings. The van der Waals surface area contributed by atoms with Crippen LogP contribution < -0.4 is 0 Å². The van der Waals surface area contributed by atoms with Gasteiger partial charge in [-0.25, -0.2) is 0 Å². The van der Waals surface area contributed by atoms with Crippen LogP contribution in [0.2, 0.25) is 0 Å². The van der Waals surface area contributed by atoms with Gasteiger partial charge in [0.1, 0.15) is 11.5 Å². The number of likely N-dealkylation sites (tertiary alicyclic amines) is 1. The predicted molar refractivity (Wildman–Crippen MR) is 89.3 cm³/mol. The largest absolute Gasteiger partial charge is 0.465 e. The number of morpholine rings is 1. The fourth-order valence-corrected chi connectivity index (χ4v) is 3.81. The summed E-state index contributed by atoms with van der Waals surface area (Å²) in [6.07, 6.45) is 0.803. The van der Waals surface area contributed by atoms with Gasteiger partial charge in [0.2, 0.25) is 0 Å². The molecule has 5 heteroatoms. The summed E-state index contributed by atoms with van der Waals surface area (Å²) in [6.45, 7) is 13.1. The van der Waals surface area contributed by atoms with Gasteiger partial charge >= 0.3 is 0 Å². The second-order valence-electron chi connectivity index (χ2n) is 7.78. The fraction of sp³-hybridized carbons (Fsp3) is 0.778. The van der Waals surface area contributed by atoms with Gasteiger partial charge in [-0.15, -0.1) is 0 Å². The minimum absolute atomic E-state index is 0.148. The Morgan fingerprint density at radius 1 is 1.13 bits per heavy atom. The number of hydrogen-bond donors (Lipinski definition) is 1. The zero-order chi connectivity index (χ0) is 16.5. The minimum Gasteiger partial charge on any atom is -0.465 e. The van der Waals surface area contributed by atoms with Crippen molar-refractivity contribution in [3.05, 3.63) is 23.7 Å². The lowest BCUT2D eigenvalue weighted by atomic mass is 9.69. The van der Waals surface area contributed by atoms with E-state index in [9.17, 15) is 5.11 Å². The maximum atomic E-state index is 11.3. The molecule has 0 bridgehead atoms. The van der Waals surface area contributed by atoms with E-state index in [2.05, 4.69) is 29.7 Å². The van der Waals surface area contributed by atoms with Gasteiger partial charge < -0.3 is 14.3 Å². The molecule has 2 saturated heterocycles. The Bertz CT molecular complexity index is 522. The van der Waals surface area contributed by atoms with Crippen molar-refractivity contribution in [3.63, 3.8) is 0 Å². The fourth-order valence-electron chi connectivity index (χ4n) is 3.81. The molecule has 0 spiro atoms. The molecule has 3 heterocycles. The van der Waals surface area contributed by atoms with Crippen molar-refractivity contribution in [2.45, 2.75) is 39.3 Å². The number of ether oxygens (including phenoxy) is 1. The third-order valence-corrected chi connectivity index (χ3v) is 5.48. The average Bonchev–Trinajstić information content (AvgIpc) is 2.89. The van der Waals surface area contributed by atoms with Crippen LogP contribution in [0.4, 0.5) is 0 Å². The van der Waals surface area contributed by atoms with Crippen LogP contribution in [0, 0.1) is 12.3 Å². The smallest absolute Gasteiger partial charge is 0.118 e. The zero-order valence-corrected chi connectivity index (χ0v) is 14.7. The molecule has 0 aromatic carbocycles. The number of aliphatic hydroxyl groups is 1. The van der Waals surface area contributed by atoms with Crippen LogP contribution in [-0.4, -0.2) is 66.4 Å². The topological polar surface area (TPSA) is 49.1 Å². The molecule has 1 aromatic heterocycles. The molecule has 1 N–H and O–H groups in total. The second-order valence-corrected chi connectivity index (χ2v) is 7.78. The van der Waals surface area contributed by atoms with E-state index in [1.165, 1.54) is 0 Å². The standard InChI is InChI=1S/C18H30N2O3/c1-15-4-5-16(23-15)12-20-7-6-18(21,17(2,3)13-20)14-19-8-10-22-11-9-19/h4-5,21H,6-14H2,1-3H3. The number of nitrogens with zero attached hydrogens (tertiary/aromatic N) is 2. The number of hydrogen-bond acceptors (Lipinski definition) is 5. The first-order valence-electron chi connectivity index (χ1n) is 8.68. The lowest BCUT2D eigenvalue weighted by molar-refractivity contribution is -0.141. The lowest BCUT2D eigenvalue weighted by Gasteiger charge is -2.52. The van der Waals surface area contributed by atoms with Crippen molar-refractivity contribution in [1.29, 1.82) is 0 Å². The Hall–Kier alpha value is -0.880. The molecule has 2 fully saturated rings. The predicted octanol–water partition coefficient (Wildman–Crippen LogP) is 1.88. The molecule has 2 aliphatic rings. The Balaban J connectivity index is 1.61. The van der Waals surface area contributed by atoms with Crippen LogP contribution in [-0.2, 0) is 11.3 Å².